The molecule has 7 heteroatoms. The Morgan fingerprint density at radius 1 is 1.12 bits per heavy atom. The second-order valence-electron chi connectivity index (χ2n) is 10.8. The van der Waals surface area contributed by atoms with Crippen LogP contribution in [0.5, 0.6) is 0 Å². The number of nitrogens with zero attached hydrogens (tertiary/aromatic N) is 3. The van der Waals surface area contributed by atoms with E-state index < -0.39 is 6.10 Å². The molecule has 1 aliphatic heterocycles. The highest BCUT2D eigenvalue weighted by Gasteiger charge is 2.26. The molecule has 1 amide bonds. The first-order chi connectivity index (χ1) is 19.7. The fourth-order valence-corrected chi connectivity index (χ4v) is 5.44. The van der Waals surface area contributed by atoms with Crippen molar-refractivity contribution in [2.24, 2.45) is 0 Å². The lowest BCUT2D eigenvalue weighted by molar-refractivity contribution is -0.133. The SMILES string of the molecule is C=C1/C=C(C)\C=C/CC(c2ccccc2)N(C(=O)Cc2ccc3oc(C(O)c4c(C)noc4C)cc3c2)CCN1C. The molecule has 2 atom stereocenters. The quantitative estimate of drug-likeness (QED) is 0.302. The molecule has 7 nitrogen and oxygen atoms in total. The maximum absolute atomic E-state index is 14.0. The third-order valence-electron chi connectivity index (χ3n) is 7.77. The van der Waals surface area contributed by atoms with E-state index in [0.29, 0.717) is 47.9 Å². The van der Waals surface area contributed by atoms with Crippen molar-refractivity contribution in [3.8, 4) is 0 Å². The lowest BCUT2D eigenvalue weighted by Gasteiger charge is -2.34. The van der Waals surface area contributed by atoms with Gasteiger partial charge in [0.2, 0.25) is 5.91 Å². The number of carbonyl (C=O) groups is 1. The van der Waals surface area contributed by atoms with Crippen LogP contribution in [0.3, 0.4) is 0 Å². The number of aliphatic hydroxyl groups excluding tert-OH is 1. The predicted molar refractivity (Wildman–Crippen MR) is 160 cm³/mol. The van der Waals surface area contributed by atoms with Gasteiger partial charge in [-0.1, -0.05) is 60.3 Å². The lowest BCUT2D eigenvalue weighted by atomic mass is 9.99. The number of furan rings is 1. The first-order valence-corrected chi connectivity index (χ1v) is 13.9. The molecule has 0 saturated carbocycles. The molecule has 2 unspecified atom stereocenters. The van der Waals surface area contributed by atoms with Gasteiger partial charge in [0.05, 0.1) is 23.7 Å². The summed E-state index contributed by atoms with van der Waals surface area (Å²) in [4.78, 5) is 18.1. The van der Waals surface area contributed by atoms with Gasteiger partial charge >= 0.3 is 0 Å². The summed E-state index contributed by atoms with van der Waals surface area (Å²) < 4.78 is 11.2. The molecule has 1 N–H and O–H groups in total. The van der Waals surface area contributed by atoms with Gasteiger partial charge in [0.25, 0.3) is 0 Å². The topological polar surface area (TPSA) is 83.0 Å². The average molecular weight is 552 g/mol. The molecule has 0 radical (unpaired) electrons. The highest BCUT2D eigenvalue weighted by molar-refractivity contribution is 5.83. The van der Waals surface area contributed by atoms with Crippen molar-refractivity contribution in [2.75, 3.05) is 20.1 Å². The Morgan fingerprint density at radius 2 is 1.90 bits per heavy atom. The van der Waals surface area contributed by atoms with Crippen LogP contribution in [0.1, 0.15) is 59.4 Å². The minimum Gasteiger partial charge on any atom is -0.458 e. The van der Waals surface area contributed by atoms with Crippen LogP contribution >= 0.6 is 0 Å². The summed E-state index contributed by atoms with van der Waals surface area (Å²) in [7, 11) is 2.01. The van der Waals surface area contributed by atoms with Gasteiger partial charge in [-0.3, -0.25) is 4.79 Å². The molecule has 0 aliphatic carbocycles. The number of likely N-dealkylation sites (N-methyl/N-ethyl adjacent to an activating group) is 1. The maximum Gasteiger partial charge on any atom is 0.227 e. The number of aryl methyl sites for hydroxylation is 2. The third-order valence-corrected chi connectivity index (χ3v) is 7.77. The number of fused-ring (bicyclic) bond motifs is 1. The summed E-state index contributed by atoms with van der Waals surface area (Å²) in [6.07, 6.45) is 6.29. The third kappa shape index (κ3) is 6.20. The van der Waals surface area contributed by atoms with E-state index in [0.717, 1.165) is 27.8 Å². The van der Waals surface area contributed by atoms with Crippen molar-refractivity contribution in [1.82, 2.24) is 15.0 Å². The van der Waals surface area contributed by atoms with E-state index in [9.17, 15) is 9.90 Å². The Hall–Kier alpha value is -4.36. The van der Waals surface area contributed by atoms with E-state index in [4.69, 9.17) is 8.94 Å². The van der Waals surface area contributed by atoms with Gasteiger partial charge in [-0.2, -0.15) is 0 Å². The number of carbonyl (C=O) groups excluding carboxylic acids is 1. The Morgan fingerprint density at radius 3 is 2.63 bits per heavy atom. The smallest absolute Gasteiger partial charge is 0.227 e. The molecule has 5 rings (SSSR count). The summed E-state index contributed by atoms with van der Waals surface area (Å²) in [5.74, 6) is 1.02. The highest BCUT2D eigenvalue weighted by Crippen LogP contribution is 2.32. The molecule has 41 heavy (non-hydrogen) atoms. The summed E-state index contributed by atoms with van der Waals surface area (Å²) >= 11 is 0. The van der Waals surface area contributed by atoms with Crippen LogP contribution in [0.2, 0.25) is 0 Å². The van der Waals surface area contributed by atoms with Gasteiger partial charge in [-0.05, 0) is 68.2 Å². The molecule has 0 spiro atoms. The molecular weight excluding hydrogens is 514 g/mol. The summed E-state index contributed by atoms with van der Waals surface area (Å²) in [5.41, 5.74) is 5.91. The molecule has 1 aliphatic rings. The van der Waals surface area contributed by atoms with Gasteiger partial charge in [0.15, 0.2) is 0 Å². The molecular formula is C34H37N3O4. The van der Waals surface area contributed by atoms with Crippen LogP contribution < -0.4 is 0 Å². The van der Waals surface area contributed by atoms with Gasteiger partial charge < -0.3 is 23.8 Å². The normalized spacial score (nSPS) is 19.5. The second-order valence-corrected chi connectivity index (χ2v) is 10.8. The minimum atomic E-state index is -0.985. The average Bonchev–Trinajstić information content (AvgIpc) is 3.53. The van der Waals surface area contributed by atoms with Crippen LogP contribution in [0, 0.1) is 13.8 Å². The van der Waals surface area contributed by atoms with Crippen LogP contribution in [0.4, 0.5) is 0 Å². The first kappa shape index (κ1) is 28.2. The highest BCUT2D eigenvalue weighted by atomic mass is 16.5. The number of benzene rings is 2. The Bertz CT molecular complexity index is 1590. The summed E-state index contributed by atoms with van der Waals surface area (Å²) in [6, 6.07) is 17.7. The van der Waals surface area contributed by atoms with Crippen molar-refractivity contribution in [3.05, 3.63) is 125 Å². The zero-order valence-corrected chi connectivity index (χ0v) is 24.1. The molecule has 3 heterocycles. The molecule has 2 aromatic carbocycles. The molecule has 212 valence electrons. The zero-order chi connectivity index (χ0) is 29.1. The van der Waals surface area contributed by atoms with E-state index in [1.165, 1.54) is 0 Å². The van der Waals surface area contributed by atoms with Crippen molar-refractivity contribution in [1.29, 1.82) is 0 Å². The van der Waals surface area contributed by atoms with Crippen LogP contribution in [-0.2, 0) is 11.2 Å². The standard InChI is InChI=1S/C34H37N3O4/c1-22-10-9-13-29(27-11-7-6-8-12-27)37(17-16-36(5)23(2)18-22)32(38)20-26-14-15-30-28(19-26)21-31(40-30)34(39)33-24(3)35-41-25(33)4/h6-12,14-15,18-19,21,29,34,39H,2,13,16-17,20H2,1,3-5H3/b10-9-,22-18-. The van der Waals surface area contributed by atoms with E-state index in [1.807, 2.05) is 54.4 Å². The summed E-state index contributed by atoms with van der Waals surface area (Å²) in [5, 5.41) is 15.7. The van der Waals surface area contributed by atoms with Crippen molar-refractivity contribution >= 4 is 16.9 Å². The van der Waals surface area contributed by atoms with Gasteiger partial charge in [-0.25, -0.2) is 0 Å². The fourth-order valence-electron chi connectivity index (χ4n) is 5.44. The van der Waals surface area contributed by atoms with Crippen LogP contribution in [-0.4, -0.2) is 46.1 Å². The first-order valence-electron chi connectivity index (χ1n) is 13.9. The Balaban J connectivity index is 1.42. The van der Waals surface area contributed by atoms with Gasteiger partial charge in [0, 0.05) is 31.2 Å². The minimum absolute atomic E-state index is 0.0500. The summed E-state index contributed by atoms with van der Waals surface area (Å²) in [6.45, 7) is 11.1. The van der Waals surface area contributed by atoms with E-state index in [1.54, 1.807) is 13.8 Å². The van der Waals surface area contributed by atoms with Gasteiger partial charge in [-0.15, -0.1) is 0 Å². The molecule has 4 aromatic rings. The molecule has 0 saturated heterocycles. The van der Waals surface area contributed by atoms with E-state index in [2.05, 4.69) is 53.9 Å². The van der Waals surface area contributed by atoms with E-state index in [-0.39, 0.29) is 18.4 Å². The predicted octanol–water partition coefficient (Wildman–Crippen LogP) is 6.58. The molecule has 0 bridgehead atoms. The van der Waals surface area contributed by atoms with E-state index >= 15 is 0 Å². The number of hydrogen-bond donors (Lipinski definition) is 1. The number of rotatable bonds is 5. The number of hydrogen-bond acceptors (Lipinski definition) is 6. The monoisotopic (exact) mass is 551 g/mol. The van der Waals surface area contributed by atoms with Crippen molar-refractivity contribution in [2.45, 2.75) is 45.8 Å². The number of aliphatic hydroxyl groups is 1. The van der Waals surface area contributed by atoms with Crippen LogP contribution in [0.15, 0.2) is 99.6 Å². The molecule has 0 fully saturated rings. The number of allylic oxidation sites excluding steroid dienone is 3. The Labute approximate surface area is 241 Å². The van der Waals surface area contributed by atoms with Gasteiger partial charge in [0.1, 0.15) is 23.2 Å². The van der Waals surface area contributed by atoms with Crippen molar-refractivity contribution < 1.29 is 18.8 Å². The fraction of sp³-hybridized carbons (Fsp3) is 0.294. The second kappa shape index (κ2) is 12.0. The number of amides is 1. The molecule has 2 aromatic heterocycles. The Kier molecular flexibility index (Phi) is 8.26. The number of aromatic nitrogens is 1. The maximum atomic E-state index is 14.0. The van der Waals surface area contributed by atoms with Crippen LogP contribution in [0.25, 0.3) is 11.0 Å². The zero-order valence-electron chi connectivity index (χ0n) is 24.1. The van der Waals surface area contributed by atoms with Crippen molar-refractivity contribution in [3.63, 3.8) is 0 Å². The lowest BCUT2D eigenvalue weighted by Crippen LogP contribution is -2.40. The largest absolute Gasteiger partial charge is 0.458 e.